The van der Waals surface area contributed by atoms with E-state index in [0.717, 1.165) is 5.65 Å². The zero-order chi connectivity index (χ0) is 15.0. The number of carbonyl (C=O) groups is 1. The molecule has 3 N–H and O–H groups in total. The summed E-state index contributed by atoms with van der Waals surface area (Å²) in [6, 6.07) is 3.99. The van der Waals surface area contributed by atoms with E-state index in [1.54, 1.807) is 6.20 Å². The van der Waals surface area contributed by atoms with Gasteiger partial charge in [0.1, 0.15) is 5.65 Å². The monoisotopic (exact) mass is 286 g/mol. The number of carboxylic acid groups (broad SMARTS) is 1. The van der Waals surface area contributed by atoms with Crippen LogP contribution >= 0.6 is 0 Å². The topological polar surface area (TPSA) is 112 Å². The predicted molar refractivity (Wildman–Crippen MR) is 75.0 cm³/mol. The van der Waals surface area contributed by atoms with Gasteiger partial charge in [0, 0.05) is 12.4 Å². The minimum atomic E-state index is -1.50. The van der Waals surface area contributed by atoms with Gasteiger partial charge in [0.15, 0.2) is 5.90 Å². The molecule has 0 unspecified atom stereocenters. The van der Waals surface area contributed by atoms with Gasteiger partial charge in [0.2, 0.25) is 0 Å². The van der Waals surface area contributed by atoms with Gasteiger partial charge in [-0.2, -0.15) is 0 Å². The lowest BCUT2D eigenvalue weighted by Crippen LogP contribution is -2.20. The molecule has 7 heteroatoms. The smallest absolute Gasteiger partial charge is 0.391 e. The molecule has 3 rings (SSSR count). The summed E-state index contributed by atoms with van der Waals surface area (Å²) in [5, 5.41) is 23.1. The molecule has 0 amide bonds. The molecule has 1 aliphatic rings. The number of nitrogens with one attached hydrogen (secondary N) is 2. The van der Waals surface area contributed by atoms with Gasteiger partial charge in [-0.05, 0) is 30.4 Å². The van der Waals surface area contributed by atoms with Crippen molar-refractivity contribution in [2.45, 2.75) is 25.2 Å². The van der Waals surface area contributed by atoms with E-state index in [9.17, 15) is 4.79 Å². The fourth-order valence-electron chi connectivity index (χ4n) is 2.17. The highest BCUT2D eigenvalue weighted by molar-refractivity contribution is 6.32. The zero-order valence-electron chi connectivity index (χ0n) is 11.2. The van der Waals surface area contributed by atoms with E-state index in [1.807, 2.05) is 16.7 Å². The van der Waals surface area contributed by atoms with Gasteiger partial charge in [-0.15, -0.1) is 0 Å². The highest BCUT2D eigenvalue weighted by Crippen LogP contribution is 2.39. The Morgan fingerprint density at radius 1 is 1.38 bits per heavy atom. The minimum Gasteiger partial charge on any atom is -0.474 e. The van der Waals surface area contributed by atoms with E-state index in [2.05, 4.69) is 15.8 Å². The molecule has 2 aromatic heterocycles. The molecule has 108 valence electrons. The number of ether oxygens (including phenoxy) is 1. The lowest BCUT2D eigenvalue weighted by atomic mass is 10.2. The Balaban J connectivity index is 1.73. The van der Waals surface area contributed by atoms with E-state index < -0.39 is 11.9 Å². The van der Waals surface area contributed by atoms with E-state index in [1.165, 1.54) is 18.4 Å². The molecule has 1 fully saturated rings. The van der Waals surface area contributed by atoms with Gasteiger partial charge in [-0.3, -0.25) is 10.8 Å². The number of aliphatic carboxylic acids is 1. The van der Waals surface area contributed by atoms with Gasteiger partial charge in [-0.25, -0.2) is 9.78 Å². The second kappa shape index (κ2) is 5.01. The van der Waals surface area contributed by atoms with Gasteiger partial charge in [0.05, 0.1) is 12.1 Å². The van der Waals surface area contributed by atoms with Crippen LogP contribution in [-0.4, -0.2) is 32.3 Å². The Labute approximate surface area is 120 Å². The van der Waals surface area contributed by atoms with Crippen molar-refractivity contribution in [2.75, 3.05) is 0 Å². The van der Waals surface area contributed by atoms with Crippen molar-refractivity contribution >= 4 is 23.4 Å². The summed E-state index contributed by atoms with van der Waals surface area (Å²) < 4.78 is 6.50. The molecule has 2 heterocycles. The van der Waals surface area contributed by atoms with Crippen LogP contribution in [0.1, 0.15) is 30.0 Å². The molecule has 21 heavy (non-hydrogen) atoms. The lowest BCUT2D eigenvalue weighted by Gasteiger charge is -2.02. The second-order valence-electron chi connectivity index (χ2n) is 5.07. The number of nitrogens with zero attached hydrogens (tertiary/aromatic N) is 2. The first-order valence-corrected chi connectivity index (χ1v) is 6.57. The zero-order valence-corrected chi connectivity index (χ0v) is 11.2. The highest BCUT2D eigenvalue weighted by atomic mass is 16.5. The summed E-state index contributed by atoms with van der Waals surface area (Å²) >= 11 is 0. The van der Waals surface area contributed by atoms with Gasteiger partial charge >= 0.3 is 11.9 Å². The molecular weight excluding hydrogens is 272 g/mol. The summed E-state index contributed by atoms with van der Waals surface area (Å²) in [7, 11) is 0. The summed E-state index contributed by atoms with van der Waals surface area (Å²) in [5.74, 6) is -2.12. The van der Waals surface area contributed by atoms with Crippen molar-refractivity contribution in [3.05, 3.63) is 35.8 Å². The fourth-order valence-corrected chi connectivity index (χ4v) is 2.17. The van der Waals surface area contributed by atoms with E-state index in [-0.39, 0.29) is 12.3 Å². The fraction of sp³-hybridized carbons (Fsp3) is 0.286. The number of imidazole rings is 1. The maximum atomic E-state index is 10.5. The molecule has 1 aliphatic carbocycles. The number of carboxylic acids is 1. The van der Waals surface area contributed by atoms with Crippen LogP contribution in [-0.2, 0) is 16.0 Å². The van der Waals surface area contributed by atoms with E-state index in [4.69, 9.17) is 15.9 Å². The second-order valence-corrected chi connectivity index (χ2v) is 5.07. The predicted octanol–water partition coefficient (Wildman–Crippen LogP) is 1.81. The number of hydrogen-bond acceptors (Lipinski definition) is 5. The van der Waals surface area contributed by atoms with Crippen LogP contribution in [0.2, 0.25) is 0 Å². The molecule has 0 spiro atoms. The molecule has 0 radical (unpaired) electrons. The number of aromatic nitrogens is 2. The normalized spacial score (nSPS) is 14.1. The number of fused-ring (bicyclic) bond motifs is 1. The Kier molecular flexibility index (Phi) is 3.17. The molecule has 1 saturated carbocycles. The van der Waals surface area contributed by atoms with Crippen LogP contribution in [0.25, 0.3) is 5.65 Å². The summed E-state index contributed by atoms with van der Waals surface area (Å²) in [6.07, 6.45) is 6.33. The molecule has 0 atom stereocenters. The van der Waals surface area contributed by atoms with E-state index >= 15 is 0 Å². The third kappa shape index (κ3) is 2.91. The Morgan fingerprint density at radius 3 is 2.81 bits per heavy atom. The van der Waals surface area contributed by atoms with Crippen molar-refractivity contribution in [3.63, 3.8) is 0 Å². The van der Waals surface area contributed by atoms with Crippen LogP contribution in [0, 0.1) is 10.8 Å². The molecule has 7 nitrogen and oxygen atoms in total. The quantitative estimate of drug-likeness (QED) is 0.590. The maximum Gasteiger partial charge on any atom is 0.391 e. The van der Waals surface area contributed by atoms with Crippen LogP contribution in [0.15, 0.2) is 24.5 Å². The number of rotatable bonds is 3. The van der Waals surface area contributed by atoms with Crippen molar-refractivity contribution in [2.24, 2.45) is 0 Å². The first-order chi connectivity index (χ1) is 10.0. The van der Waals surface area contributed by atoms with Gasteiger partial charge in [-0.1, -0.05) is 6.07 Å². The molecule has 2 aromatic rings. The van der Waals surface area contributed by atoms with Crippen LogP contribution in [0.5, 0.6) is 0 Å². The first-order valence-electron chi connectivity index (χ1n) is 6.57. The molecular formula is C14H14N4O3. The van der Waals surface area contributed by atoms with Crippen molar-refractivity contribution < 1.29 is 14.6 Å². The molecule has 0 aliphatic heterocycles. The van der Waals surface area contributed by atoms with Gasteiger partial charge in [0.25, 0.3) is 0 Å². The largest absolute Gasteiger partial charge is 0.474 e. The Bertz CT molecular complexity index is 746. The van der Waals surface area contributed by atoms with Crippen molar-refractivity contribution in [3.8, 4) is 0 Å². The summed E-state index contributed by atoms with van der Waals surface area (Å²) in [5.41, 5.74) is 2.66. The number of hydrogen-bond donors (Lipinski definition) is 3. The third-order valence-electron chi connectivity index (χ3n) is 3.33. The Morgan fingerprint density at radius 2 is 2.14 bits per heavy atom. The summed E-state index contributed by atoms with van der Waals surface area (Å²) in [4.78, 5) is 14.8. The molecule has 0 bridgehead atoms. The van der Waals surface area contributed by atoms with Gasteiger partial charge < -0.3 is 14.2 Å². The molecule has 0 aromatic carbocycles. The van der Waals surface area contributed by atoms with Crippen LogP contribution in [0.4, 0.5) is 0 Å². The minimum absolute atomic E-state index is 0.0517. The summed E-state index contributed by atoms with van der Waals surface area (Å²) in [6.45, 7) is 0. The third-order valence-corrected chi connectivity index (χ3v) is 3.33. The Hall–Kier alpha value is -2.70. The average molecular weight is 286 g/mol. The molecule has 0 saturated heterocycles. The van der Waals surface area contributed by atoms with Crippen LogP contribution < -0.4 is 0 Å². The first kappa shape index (κ1) is 13.3. The lowest BCUT2D eigenvalue weighted by molar-refractivity contribution is -0.130. The van der Waals surface area contributed by atoms with E-state index in [0.29, 0.717) is 11.6 Å². The number of pyridine rings is 1. The van der Waals surface area contributed by atoms with Crippen molar-refractivity contribution in [1.82, 2.24) is 9.38 Å². The van der Waals surface area contributed by atoms with Crippen molar-refractivity contribution in [1.29, 1.82) is 10.8 Å². The average Bonchev–Trinajstić information content (AvgIpc) is 3.19. The maximum absolute atomic E-state index is 10.5. The highest BCUT2D eigenvalue weighted by Gasteiger charge is 2.23. The SMILES string of the molecule is N=C(Cc1cn2cc(C3CC3)ccc2n1)OC(=N)C(=O)O. The standard InChI is InChI=1S/C14H14N4O3/c15-11(21-13(16)14(19)20)5-10-7-18-6-9(8-1-2-8)3-4-12(18)17-10/h3-4,6-8,15-16H,1-2,5H2,(H,19,20). The van der Waals surface area contributed by atoms with Crippen LogP contribution in [0.3, 0.4) is 0 Å².